The Morgan fingerprint density at radius 2 is 1.75 bits per heavy atom. The fourth-order valence-corrected chi connectivity index (χ4v) is 6.70. The van der Waals surface area contributed by atoms with Gasteiger partial charge in [-0.15, -0.1) is 10.2 Å². The van der Waals surface area contributed by atoms with Crippen molar-refractivity contribution in [2.45, 2.75) is 40.7 Å². The summed E-state index contributed by atoms with van der Waals surface area (Å²) >= 11 is 2.84. The van der Waals surface area contributed by atoms with Crippen LogP contribution in [0.5, 0.6) is 0 Å². The van der Waals surface area contributed by atoms with Crippen molar-refractivity contribution in [3.8, 4) is 0 Å². The van der Waals surface area contributed by atoms with Gasteiger partial charge in [0.25, 0.3) is 5.91 Å². The molecule has 1 N–H and O–H groups in total. The van der Waals surface area contributed by atoms with Gasteiger partial charge in [-0.25, -0.2) is 8.42 Å². The summed E-state index contributed by atoms with van der Waals surface area (Å²) in [5, 5.41) is 11.3. The first-order chi connectivity index (χ1) is 15.5. The maximum Gasteiger partial charge on any atom is 0.257 e. The molecule has 1 amide bonds. The van der Waals surface area contributed by atoms with Gasteiger partial charge < -0.3 is 0 Å². The van der Waals surface area contributed by atoms with Gasteiger partial charge in [0.05, 0.1) is 4.90 Å². The van der Waals surface area contributed by atoms with Crippen LogP contribution in [0.15, 0.2) is 63.8 Å². The summed E-state index contributed by atoms with van der Waals surface area (Å²) in [5.41, 5.74) is 1.45. The van der Waals surface area contributed by atoms with Gasteiger partial charge in [0.1, 0.15) is 0 Å². The summed E-state index contributed by atoms with van der Waals surface area (Å²) in [7, 11) is -3.62. The predicted molar refractivity (Wildman–Crippen MR) is 128 cm³/mol. The number of carbonyl (C=O) groups is 1. The van der Waals surface area contributed by atoms with Gasteiger partial charge in [0, 0.05) is 24.4 Å². The van der Waals surface area contributed by atoms with Crippen molar-refractivity contribution in [2.24, 2.45) is 0 Å². The SMILES string of the molecule is O=C(Nc1nnc(SCc2ccccc2)s1)c1cccc(S(=O)(=O)N2CCCCCC2)c1. The van der Waals surface area contributed by atoms with Crippen molar-refractivity contribution in [1.82, 2.24) is 14.5 Å². The van der Waals surface area contributed by atoms with E-state index in [-0.39, 0.29) is 10.5 Å². The zero-order valence-corrected chi connectivity index (χ0v) is 19.9. The first-order valence-corrected chi connectivity index (χ1v) is 13.7. The van der Waals surface area contributed by atoms with Gasteiger partial charge in [0.2, 0.25) is 15.2 Å². The van der Waals surface area contributed by atoms with Crippen molar-refractivity contribution in [2.75, 3.05) is 18.4 Å². The highest BCUT2D eigenvalue weighted by molar-refractivity contribution is 8.00. The Balaban J connectivity index is 1.41. The van der Waals surface area contributed by atoms with Crippen LogP contribution in [0.4, 0.5) is 5.13 Å². The van der Waals surface area contributed by atoms with E-state index in [1.165, 1.54) is 27.3 Å². The summed E-state index contributed by atoms with van der Waals surface area (Å²) in [6.07, 6.45) is 3.81. The van der Waals surface area contributed by atoms with E-state index < -0.39 is 15.9 Å². The molecule has 0 saturated carbocycles. The lowest BCUT2D eigenvalue weighted by Gasteiger charge is -2.20. The van der Waals surface area contributed by atoms with Crippen molar-refractivity contribution in [3.63, 3.8) is 0 Å². The zero-order chi connectivity index (χ0) is 22.4. The van der Waals surface area contributed by atoms with Crippen molar-refractivity contribution >= 4 is 44.2 Å². The fourth-order valence-electron chi connectivity index (χ4n) is 3.44. The van der Waals surface area contributed by atoms with Crippen LogP contribution < -0.4 is 5.32 Å². The molecule has 0 bridgehead atoms. The minimum atomic E-state index is -3.62. The van der Waals surface area contributed by atoms with Gasteiger partial charge >= 0.3 is 0 Å². The van der Waals surface area contributed by atoms with Crippen LogP contribution in [0.3, 0.4) is 0 Å². The van der Waals surface area contributed by atoms with Crippen LogP contribution in [0.1, 0.15) is 41.6 Å². The zero-order valence-electron chi connectivity index (χ0n) is 17.4. The Morgan fingerprint density at radius 1 is 1.00 bits per heavy atom. The summed E-state index contributed by atoms with van der Waals surface area (Å²) in [6, 6.07) is 16.2. The molecule has 10 heteroatoms. The Hall–Kier alpha value is -2.27. The molecule has 7 nitrogen and oxygen atoms in total. The average Bonchev–Trinajstić information content (AvgIpc) is 3.07. The minimum absolute atomic E-state index is 0.142. The summed E-state index contributed by atoms with van der Waals surface area (Å²) in [4.78, 5) is 12.9. The van der Waals surface area contributed by atoms with E-state index >= 15 is 0 Å². The molecule has 1 fully saturated rings. The van der Waals surface area contributed by atoms with Crippen molar-refractivity contribution < 1.29 is 13.2 Å². The molecule has 32 heavy (non-hydrogen) atoms. The van der Waals surface area contributed by atoms with E-state index in [1.54, 1.807) is 30.0 Å². The van der Waals surface area contributed by atoms with Crippen molar-refractivity contribution in [1.29, 1.82) is 0 Å². The number of carbonyl (C=O) groups excluding carboxylic acids is 1. The molecule has 3 aromatic rings. The molecule has 2 heterocycles. The number of amides is 1. The van der Waals surface area contributed by atoms with Crippen LogP contribution in [-0.2, 0) is 15.8 Å². The number of hydrogen-bond acceptors (Lipinski definition) is 7. The number of nitrogens with zero attached hydrogens (tertiary/aromatic N) is 3. The van der Waals surface area contributed by atoms with E-state index in [4.69, 9.17) is 0 Å². The number of anilines is 1. The number of aromatic nitrogens is 2. The van der Waals surface area contributed by atoms with Crippen LogP contribution in [0.25, 0.3) is 0 Å². The second-order valence-corrected chi connectivity index (χ2v) is 11.6. The number of thioether (sulfide) groups is 1. The molecule has 0 atom stereocenters. The molecule has 1 aliphatic rings. The van der Waals surface area contributed by atoms with E-state index in [0.29, 0.717) is 18.2 Å². The molecule has 1 saturated heterocycles. The van der Waals surface area contributed by atoms with Crippen molar-refractivity contribution in [3.05, 3.63) is 65.7 Å². The highest BCUT2D eigenvalue weighted by Crippen LogP contribution is 2.28. The molecular formula is C22H24N4O3S3. The fraction of sp³-hybridized carbons (Fsp3) is 0.318. The molecule has 4 rings (SSSR count). The Morgan fingerprint density at radius 3 is 2.50 bits per heavy atom. The summed E-state index contributed by atoms with van der Waals surface area (Å²) < 4.78 is 28.4. The first-order valence-electron chi connectivity index (χ1n) is 10.4. The topological polar surface area (TPSA) is 92.3 Å². The van der Waals surface area contributed by atoms with E-state index in [2.05, 4.69) is 15.5 Å². The van der Waals surface area contributed by atoms with Gasteiger partial charge in [-0.05, 0) is 36.6 Å². The lowest BCUT2D eigenvalue weighted by molar-refractivity contribution is 0.102. The largest absolute Gasteiger partial charge is 0.296 e. The molecule has 0 unspecified atom stereocenters. The molecule has 1 aliphatic heterocycles. The second kappa shape index (κ2) is 10.6. The van der Waals surface area contributed by atoms with Gasteiger partial charge in [-0.3, -0.25) is 10.1 Å². The standard InChI is InChI=1S/C22H24N4O3S3/c27-20(23-21-24-25-22(31-21)30-16-17-9-4-3-5-10-17)18-11-8-12-19(15-18)32(28,29)26-13-6-1-2-7-14-26/h3-5,8-12,15H,1-2,6-7,13-14,16H2,(H,23,24,27). The predicted octanol–water partition coefficient (Wildman–Crippen LogP) is 4.65. The molecule has 0 spiro atoms. The highest BCUT2D eigenvalue weighted by Gasteiger charge is 2.26. The third-order valence-corrected chi connectivity index (χ3v) is 9.07. The molecular weight excluding hydrogens is 464 g/mol. The Kier molecular flexibility index (Phi) is 7.56. The lowest BCUT2D eigenvalue weighted by atomic mass is 10.2. The average molecular weight is 489 g/mol. The number of hydrogen-bond donors (Lipinski definition) is 1. The van der Waals surface area contributed by atoms with Gasteiger partial charge in [-0.2, -0.15) is 4.31 Å². The Bertz CT molecular complexity index is 1160. The second-order valence-electron chi connectivity index (χ2n) is 7.45. The van der Waals surface area contributed by atoms with Crippen LogP contribution in [0.2, 0.25) is 0 Å². The highest BCUT2D eigenvalue weighted by atomic mass is 32.2. The first kappa shape index (κ1) is 22.9. The van der Waals surface area contributed by atoms with Crippen LogP contribution in [-0.4, -0.2) is 41.9 Å². The molecule has 0 radical (unpaired) electrons. The third kappa shape index (κ3) is 5.74. The monoisotopic (exact) mass is 488 g/mol. The van der Waals surface area contributed by atoms with E-state index in [9.17, 15) is 13.2 Å². The van der Waals surface area contributed by atoms with Gasteiger partial charge in [-0.1, -0.05) is 72.3 Å². The van der Waals surface area contributed by atoms with E-state index in [1.807, 2.05) is 30.3 Å². The number of sulfonamides is 1. The van der Waals surface area contributed by atoms with Crippen LogP contribution >= 0.6 is 23.1 Å². The third-order valence-electron chi connectivity index (χ3n) is 5.13. The number of benzene rings is 2. The summed E-state index contributed by atoms with van der Waals surface area (Å²) in [5.74, 6) is 0.355. The molecule has 0 aliphatic carbocycles. The minimum Gasteiger partial charge on any atom is -0.296 e. The van der Waals surface area contributed by atoms with Crippen LogP contribution in [0, 0.1) is 0 Å². The maximum absolute atomic E-state index is 13.0. The maximum atomic E-state index is 13.0. The van der Waals surface area contributed by atoms with E-state index in [0.717, 1.165) is 35.8 Å². The normalized spacial score (nSPS) is 15.2. The summed E-state index contributed by atoms with van der Waals surface area (Å²) in [6.45, 7) is 1.04. The molecule has 2 aromatic carbocycles. The smallest absolute Gasteiger partial charge is 0.257 e. The lowest BCUT2D eigenvalue weighted by Crippen LogP contribution is -2.32. The number of nitrogens with one attached hydrogen (secondary N) is 1. The van der Waals surface area contributed by atoms with Gasteiger partial charge in [0.15, 0.2) is 4.34 Å². The number of rotatable bonds is 7. The Labute approximate surface area is 196 Å². The quantitative estimate of drug-likeness (QED) is 0.385. The molecule has 1 aromatic heterocycles. The molecule has 168 valence electrons.